The van der Waals surface area contributed by atoms with E-state index in [1.54, 1.807) is 15.4 Å². The molecule has 1 aliphatic rings. The van der Waals surface area contributed by atoms with Crippen LogP contribution >= 0.6 is 0 Å². The fraction of sp³-hybridized carbons (Fsp3) is 0.467. The van der Waals surface area contributed by atoms with E-state index in [9.17, 15) is 5.11 Å². The Hall–Kier alpha value is -2.48. The van der Waals surface area contributed by atoms with E-state index >= 15 is 0 Å². The molecule has 4 rings (SSSR count). The molecule has 1 fully saturated rings. The van der Waals surface area contributed by atoms with Crippen molar-refractivity contribution in [2.24, 2.45) is 0 Å². The number of aryl methyl sites for hydroxylation is 1. The van der Waals surface area contributed by atoms with Gasteiger partial charge in [0.15, 0.2) is 0 Å². The van der Waals surface area contributed by atoms with Crippen molar-refractivity contribution in [1.82, 2.24) is 29.4 Å². The quantitative estimate of drug-likeness (QED) is 0.731. The molecule has 0 aromatic carbocycles. The predicted molar refractivity (Wildman–Crippen MR) is 84.1 cm³/mol. The van der Waals surface area contributed by atoms with Crippen molar-refractivity contribution in [1.29, 1.82) is 0 Å². The van der Waals surface area contributed by atoms with E-state index in [0.717, 1.165) is 24.4 Å². The molecule has 1 aliphatic carbocycles. The van der Waals surface area contributed by atoms with E-state index in [1.807, 2.05) is 18.3 Å². The van der Waals surface area contributed by atoms with Crippen LogP contribution in [0, 0.1) is 0 Å². The highest BCUT2D eigenvalue weighted by atomic mass is 16.3. The molecule has 8 nitrogen and oxygen atoms in total. The first kappa shape index (κ1) is 14.1. The second kappa shape index (κ2) is 5.62. The van der Waals surface area contributed by atoms with Crippen molar-refractivity contribution in [2.45, 2.75) is 44.4 Å². The van der Waals surface area contributed by atoms with Crippen molar-refractivity contribution in [3.63, 3.8) is 0 Å². The van der Waals surface area contributed by atoms with E-state index in [0.29, 0.717) is 12.2 Å². The summed E-state index contributed by atoms with van der Waals surface area (Å²) in [4.78, 5) is 8.69. The summed E-state index contributed by atoms with van der Waals surface area (Å²) in [5.41, 5.74) is 0.992. The van der Waals surface area contributed by atoms with Gasteiger partial charge in [0.1, 0.15) is 12.1 Å². The fourth-order valence-corrected chi connectivity index (χ4v) is 3.11. The molecule has 0 bridgehead atoms. The van der Waals surface area contributed by atoms with Gasteiger partial charge >= 0.3 is 0 Å². The highest BCUT2D eigenvalue weighted by Crippen LogP contribution is 2.34. The summed E-state index contributed by atoms with van der Waals surface area (Å²) < 4.78 is 3.50. The van der Waals surface area contributed by atoms with Gasteiger partial charge in [0, 0.05) is 24.2 Å². The van der Waals surface area contributed by atoms with Crippen LogP contribution in [0.25, 0.3) is 5.78 Å². The van der Waals surface area contributed by atoms with E-state index in [2.05, 4.69) is 32.4 Å². The third-order valence-electron chi connectivity index (χ3n) is 4.28. The number of rotatable bonds is 5. The molecule has 0 unspecified atom stereocenters. The zero-order chi connectivity index (χ0) is 15.8. The minimum atomic E-state index is -0.393. The molecule has 3 atom stereocenters. The third-order valence-corrected chi connectivity index (χ3v) is 4.28. The number of hydrogen-bond donors (Lipinski definition) is 2. The number of fused-ring (bicyclic) bond motifs is 1. The smallest absolute Gasteiger partial charge is 0.254 e. The molecule has 8 heteroatoms. The van der Waals surface area contributed by atoms with Crippen LogP contribution in [0.2, 0.25) is 0 Å². The first-order valence-corrected chi connectivity index (χ1v) is 7.89. The maximum absolute atomic E-state index is 10.1. The Kier molecular flexibility index (Phi) is 3.45. The topological polar surface area (TPSA) is 93.2 Å². The molecule has 0 amide bonds. The Morgan fingerprint density at radius 2 is 2.30 bits per heavy atom. The summed E-state index contributed by atoms with van der Waals surface area (Å²) in [6, 6.07) is 3.89. The summed E-state index contributed by atoms with van der Waals surface area (Å²) in [6.45, 7) is 2.12. The lowest BCUT2D eigenvalue weighted by atomic mass is 9.83. The zero-order valence-corrected chi connectivity index (χ0v) is 12.9. The molecule has 23 heavy (non-hydrogen) atoms. The van der Waals surface area contributed by atoms with Gasteiger partial charge in [-0.3, -0.25) is 4.68 Å². The van der Waals surface area contributed by atoms with E-state index in [4.69, 9.17) is 0 Å². The van der Waals surface area contributed by atoms with Crippen molar-refractivity contribution >= 4 is 11.6 Å². The molecule has 0 spiro atoms. The lowest BCUT2D eigenvalue weighted by molar-refractivity contribution is 0.0132. The van der Waals surface area contributed by atoms with Gasteiger partial charge in [0.05, 0.1) is 18.2 Å². The highest BCUT2D eigenvalue weighted by molar-refractivity contribution is 5.46. The average Bonchev–Trinajstić information content (AvgIpc) is 3.18. The Balaban J connectivity index is 1.63. The van der Waals surface area contributed by atoms with Gasteiger partial charge in [-0.1, -0.05) is 13.3 Å². The predicted octanol–water partition coefficient (Wildman–Crippen LogP) is 1.06. The van der Waals surface area contributed by atoms with Crippen LogP contribution < -0.4 is 5.32 Å². The van der Waals surface area contributed by atoms with Crippen molar-refractivity contribution in [2.75, 3.05) is 5.32 Å². The molecule has 120 valence electrons. The van der Waals surface area contributed by atoms with Crippen LogP contribution in [0.4, 0.5) is 5.82 Å². The minimum absolute atomic E-state index is 0.0774. The number of nitrogens with one attached hydrogen (secondary N) is 1. The molecule has 2 N–H and O–H groups in total. The van der Waals surface area contributed by atoms with Gasteiger partial charge in [-0.2, -0.15) is 19.7 Å². The van der Waals surface area contributed by atoms with Gasteiger partial charge in [-0.25, -0.2) is 4.98 Å². The summed E-state index contributed by atoms with van der Waals surface area (Å²) >= 11 is 0. The molecule has 0 saturated heterocycles. The largest absolute Gasteiger partial charge is 0.391 e. The monoisotopic (exact) mass is 313 g/mol. The molecular weight excluding hydrogens is 294 g/mol. The number of nitrogens with zero attached hydrogens (tertiary/aromatic N) is 6. The molecule has 3 aromatic rings. The summed E-state index contributed by atoms with van der Waals surface area (Å²) in [7, 11) is 0. The van der Waals surface area contributed by atoms with Crippen LogP contribution in [0.3, 0.4) is 0 Å². The third kappa shape index (κ3) is 2.44. The van der Waals surface area contributed by atoms with Gasteiger partial charge in [0.2, 0.25) is 0 Å². The number of aliphatic hydroxyl groups excluding tert-OH is 1. The van der Waals surface area contributed by atoms with E-state index < -0.39 is 6.10 Å². The van der Waals surface area contributed by atoms with Crippen molar-refractivity contribution < 1.29 is 5.11 Å². The Morgan fingerprint density at radius 1 is 1.39 bits per heavy atom. The van der Waals surface area contributed by atoms with Crippen LogP contribution in [-0.2, 0) is 6.42 Å². The lowest BCUT2D eigenvalue weighted by Crippen LogP contribution is -2.51. The van der Waals surface area contributed by atoms with Gasteiger partial charge < -0.3 is 10.4 Å². The molecule has 1 saturated carbocycles. The van der Waals surface area contributed by atoms with Gasteiger partial charge in [0.25, 0.3) is 5.78 Å². The molecule has 3 aromatic heterocycles. The average molecular weight is 313 g/mol. The Bertz CT molecular complexity index is 797. The van der Waals surface area contributed by atoms with E-state index in [1.165, 1.54) is 6.33 Å². The second-order valence-corrected chi connectivity index (χ2v) is 5.89. The van der Waals surface area contributed by atoms with Crippen LogP contribution in [0.1, 0.15) is 31.5 Å². The van der Waals surface area contributed by atoms with Gasteiger partial charge in [-0.05, 0) is 18.9 Å². The standard InChI is InChI=1S/C15H19N7O/c1-2-4-10-7-13(22-15(19-10)16-9-18-22)20-11-8-12(23)14(11)21-6-3-5-17-21/h3,5-7,9,11-12,14,20,23H,2,4,8H2,1H3/t11-,12+,14+/m0/s1. The molecule has 3 heterocycles. The second-order valence-electron chi connectivity index (χ2n) is 5.89. The Labute approximate surface area is 133 Å². The van der Waals surface area contributed by atoms with Crippen LogP contribution in [-0.4, -0.2) is 46.6 Å². The lowest BCUT2D eigenvalue weighted by Gasteiger charge is -2.42. The first-order valence-electron chi connectivity index (χ1n) is 7.89. The normalized spacial score (nSPS) is 23.8. The zero-order valence-electron chi connectivity index (χ0n) is 12.9. The number of anilines is 1. The van der Waals surface area contributed by atoms with Crippen LogP contribution in [0.5, 0.6) is 0 Å². The highest BCUT2D eigenvalue weighted by Gasteiger charge is 2.42. The maximum Gasteiger partial charge on any atom is 0.254 e. The van der Waals surface area contributed by atoms with Crippen LogP contribution in [0.15, 0.2) is 30.9 Å². The summed E-state index contributed by atoms with van der Waals surface area (Å²) in [6.07, 6.45) is 7.31. The molecular formula is C15H19N7O. The number of hydrogen-bond acceptors (Lipinski definition) is 6. The SMILES string of the molecule is CCCc1cc(N[C@H]2C[C@@H](O)[C@@H]2n2cccn2)n2ncnc2n1. The molecule has 0 aliphatic heterocycles. The first-order chi connectivity index (χ1) is 11.3. The van der Waals surface area contributed by atoms with Crippen molar-refractivity contribution in [3.05, 3.63) is 36.5 Å². The number of aliphatic hydroxyl groups is 1. The summed E-state index contributed by atoms with van der Waals surface area (Å²) in [5.74, 6) is 1.44. The van der Waals surface area contributed by atoms with Gasteiger partial charge in [-0.15, -0.1) is 0 Å². The number of aromatic nitrogens is 6. The Morgan fingerprint density at radius 3 is 3.04 bits per heavy atom. The minimum Gasteiger partial charge on any atom is -0.391 e. The van der Waals surface area contributed by atoms with Crippen molar-refractivity contribution in [3.8, 4) is 0 Å². The molecule has 0 radical (unpaired) electrons. The van der Waals surface area contributed by atoms with E-state index in [-0.39, 0.29) is 12.1 Å². The summed E-state index contributed by atoms with van der Waals surface area (Å²) in [5, 5.41) is 22.0. The fourth-order valence-electron chi connectivity index (χ4n) is 3.11. The maximum atomic E-state index is 10.1.